The highest BCUT2D eigenvalue weighted by atomic mass is 19.4. The molecule has 5 heteroatoms. The zero-order valence-corrected chi connectivity index (χ0v) is 7.96. The Bertz CT molecular complexity index is 181. The molecule has 0 heterocycles. The van der Waals surface area contributed by atoms with Crippen molar-refractivity contribution in [3.63, 3.8) is 0 Å². The van der Waals surface area contributed by atoms with E-state index >= 15 is 0 Å². The van der Waals surface area contributed by atoms with Gasteiger partial charge in [-0.05, 0) is 5.41 Å². The molecule has 0 aromatic carbocycles. The van der Waals surface area contributed by atoms with Gasteiger partial charge in [0.2, 0.25) is 5.91 Å². The molecule has 0 aliphatic heterocycles. The molecule has 0 saturated carbocycles. The molecule has 0 radical (unpaired) electrons. The van der Waals surface area contributed by atoms with Crippen molar-refractivity contribution in [3.8, 4) is 0 Å². The number of nitrogens with one attached hydrogen (secondary N) is 1. The molecule has 0 saturated heterocycles. The minimum Gasteiger partial charge on any atom is -0.347 e. The molecule has 1 amide bonds. The number of amides is 1. The third-order valence-corrected chi connectivity index (χ3v) is 1.18. The van der Waals surface area contributed by atoms with E-state index in [0.717, 1.165) is 0 Å². The Morgan fingerprint density at radius 1 is 1.23 bits per heavy atom. The molecule has 0 aromatic rings. The van der Waals surface area contributed by atoms with Crippen LogP contribution in [0.1, 0.15) is 27.2 Å². The first kappa shape index (κ1) is 12.3. The Labute approximate surface area is 75.5 Å². The Morgan fingerprint density at radius 3 is 2.00 bits per heavy atom. The van der Waals surface area contributed by atoms with Crippen LogP contribution in [0.15, 0.2) is 0 Å². The summed E-state index contributed by atoms with van der Waals surface area (Å²) in [5, 5.41) is 1.82. The fraction of sp³-hybridized carbons (Fsp3) is 0.875. The maximum Gasteiger partial charge on any atom is 0.405 e. The molecule has 13 heavy (non-hydrogen) atoms. The van der Waals surface area contributed by atoms with Crippen LogP contribution < -0.4 is 5.32 Å². The topological polar surface area (TPSA) is 29.1 Å². The SMILES string of the molecule is CC(C)(C)CC(=O)NCC(F)(F)F. The zero-order chi connectivity index (χ0) is 10.7. The lowest BCUT2D eigenvalue weighted by Crippen LogP contribution is -2.35. The maximum absolute atomic E-state index is 11.6. The van der Waals surface area contributed by atoms with E-state index in [2.05, 4.69) is 0 Å². The standard InChI is InChI=1S/C8H14F3NO/c1-7(2,3)4-6(13)12-5-8(9,10)11/h4-5H2,1-3H3,(H,12,13). The van der Waals surface area contributed by atoms with Gasteiger partial charge in [0, 0.05) is 6.42 Å². The van der Waals surface area contributed by atoms with E-state index in [0.29, 0.717) is 0 Å². The second-order valence-electron chi connectivity index (χ2n) is 4.13. The minimum absolute atomic E-state index is 0.100. The third kappa shape index (κ3) is 9.17. The van der Waals surface area contributed by atoms with Crippen molar-refractivity contribution in [1.82, 2.24) is 5.32 Å². The van der Waals surface area contributed by atoms with Gasteiger partial charge in [0.1, 0.15) is 6.54 Å². The molecule has 0 rings (SSSR count). The predicted molar refractivity (Wildman–Crippen MR) is 43.1 cm³/mol. The van der Waals surface area contributed by atoms with Gasteiger partial charge in [0.05, 0.1) is 0 Å². The molecule has 0 atom stereocenters. The number of alkyl halides is 3. The van der Waals surface area contributed by atoms with Gasteiger partial charge in [-0.3, -0.25) is 4.79 Å². The Morgan fingerprint density at radius 2 is 1.69 bits per heavy atom. The van der Waals surface area contributed by atoms with Crippen LogP contribution in [0.2, 0.25) is 0 Å². The summed E-state index contributed by atoms with van der Waals surface area (Å²) >= 11 is 0. The molecule has 2 nitrogen and oxygen atoms in total. The minimum atomic E-state index is -4.33. The highest BCUT2D eigenvalue weighted by Gasteiger charge is 2.28. The van der Waals surface area contributed by atoms with Crippen molar-refractivity contribution in [1.29, 1.82) is 0 Å². The van der Waals surface area contributed by atoms with Gasteiger partial charge in [-0.15, -0.1) is 0 Å². The second-order valence-corrected chi connectivity index (χ2v) is 4.13. The number of rotatable bonds is 2. The molecule has 1 N–H and O–H groups in total. The summed E-state index contributed by atoms with van der Waals surface area (Å²) in [6.07, 6.45) is -4.23. The van der Waals surface area contributed by atoms with Gasteiger partial charge >= 0.3 is 6.18 Å². The molecular weight excluding hydrogens is 183 g/mol. The molecule has 0 unspecified atom stereocenters. The van der Waals surface area contributed by atoms with Crippen LogP contribution in [0.25, 0.3) is 0 Å². The van der Waals surface area contributed by atoms with E-state index in [1.807, 2.05) is 5.32 Å². The Kier molecular flexibility index (Phi) is 3.75. The zero-order valence-electron chi connectivity index (χ0n) is 7.96. The number of carbonyl (C=O) groups excluding carboxylic acids is 1. The summed E-state index contributed by atoms with van der Waals surface area (Å²) in [7, 11) is 0. The average molecular weight is 197 g/mol. The number of hydrogen-bond acceptors (Lipinski definition) is 1. The van der Waals surface area contributed by atoms with Gasteiger partial charge in [-0.1, -0.05) is 20.8 Å². The summed E-state index contributed by atoms with van der Waals surface area (Å²) < 4.78 is 34.9. The van der Waals surface area contributed by atoms with E-state index in [4.69, 9.17) is 0 Å². The first-order valence-corrected chi connectivity index (χ1v) is 3.94. The van der Waals surface area contributed by atoms with Crippen molar-refractivity contribution in [2.24, 2.45) is 5.41 Å². The summed E-state index contributed by atoms with van der Waals surface area (Å²) in [6.45, 7) is 4.13. The van der Waals surface area contributed by atoms with Gasteiger partial charge in [0.25, 0.3) is 0 Å². The van der Waals surface area contributed by atoms with Crippen molar-refractivity contribution in [2.75, 3.05) is 6.54 Å². The molecule has 0 fully saturated rings. The van der Waals surface area contributed by atoms with Crippen molar-refractivity contribution in [3.05, 3.63) is 0 Å². The normalized spacial score (nSPS) is 12.8. The van der Waals surface area contributed by atoms with Crippen molar-refractivity contribution < 1.29 is 18.0 Å². The van der Waals surface area contributed by atoms with E-state index < -0.39 is 18.6 Å². The predicted octanol–water partition coefficient (Wildman–Crippen LogP) is 2.10. The first-order valence-electron chi connectivity index (χ1n) is 3.94. The van der Waals surface area contributed by atoms with Crippen LogP contribution in [0.3, 0.4) is 0 Å². The molecule has 0 aliphatic carbocycles. The number of hydrogen-bond donors (Lipinski definition) is 1. The number of carbonyl (C=O) groups is 1. The molecule has 78 valence electrons. The van der Waals surface area contributed by atoms with Crippen LogP contribution in [-0.2, 0) is 4.79 Å². The first-order chi connectivity index (χ1) is 5.60. The monoisotopic (exact) mass is 197 g/mol. The van der Waals surface area contributed by atoms with E-state index in [-0.39, 0.29) is 11.8 Å². The van der Waals surface area contributed by atoms with Gasteiger partial charge in [-0.25, -0.2) is 0 Å². The third-order valence-electron chi connectivity index (χ3n) is 1.18. The quantitative estimate of drug-likeness (QED) is 0.721. The lowest BCUT2D eigenvalue weighted by atomic mass is 9.92. The summed E-state index contributed by atoms with van der Waals surface area (Å²) in [5.41, 5.74) is -0.282. The highest BCUT2D eigenvalue weighted by Crippen LogP contribution is 2.18. The van der Waals surface area contributed by atoms with Crippen LogP contribution in [0.5, 0.6) is 0 Å². The number of halogens is 3. The average Bonchev–Trinajstić information content (AvgIpc) is 1.78. The molecule has 0 aliphatic rings. The van der Waals surface area contributed by atoms with E-state index in [9.17, 15) is 18.0 Å². The van der Waals surface area contributed by atoms with Gasteiger partial charge in [-0.2, -0.15) is 13.2 Å². The smallest absolute Gasteiger partial charge is 0.347 e. The van der Waals surface area contributed by atoms with E-state index in [1.165, 1.54) is 0 Å². The molecule has 0 spiro atoms. The molecular formula is C8H14F3NO. The lowest BCUT2D eigenvalue weighted by Gasteiger charge is -2.17. The van der Waals surface area contributed by atoms with Gasteiger partial charge < -0.3 is 5.32 Å². The van der Waals surface area contributed by atoms with Crippen LogP contribution in [0, 0.1) is 5.41 Å². The van der Waals surface area contributed by atoms with Crippen molar-refractivity contribution in [2.45, 2.75) is 33.4 Å². The van der Waals surface area contributed by atoms with Crippen LogP contribution >= 0.6 is 0 Å². The second kappa shape index (κ2) is 3.98. The fourth-order valence-electron chi connectivity index (χ4n) is 0.743. The molecule has 0 bridgehead atoms. The summed E-state index contributed by atoms with van der Waals surface area (Å²) in [5.74, 6) is -0.565. The Hall–Kier alpha value is -0.740. The largest absolute Gasteiger partial charge is 0.405 e. The van der Waals surface area contributed by atoms with E-state index in [1.54, 1.807) is 20.8 Å². The fourth-order valence-corrected chi connectivity index (χ4v) is 0.743. The molecule has 0 aromatic heterocycles. The van der Waals surface area contributed by atoms with Crippen LogP contribution in [-0.4, -0.2) is 18.6 Å². The Balaban J connectivity index is 3.78. The van der Waals surface area contributed by atoms with Crippen LogP contribution in [0.4, 0.5) is 13.2 Å². The summed E-state index contributed by atoms with van der Waals surface area (Å²) in [4.78, 5) is 10.9. The van der Waals surface area contributed by atoms with Gasteiger partial charge in [0.15, 0.2) is 0 Å². The summed E-state index contributed by atoms with van der Waals surface area (Å²) in [6, 6.07) is 0. The maximum atomic E-state index is 11.6. The van der Waals surface area contributed by atoms with Crippen molar-refractivity contribution >= 4 is 5.91 Å². The highest BCUT2D eigenvalue weighted by molar-refractivity contribution is 5.76. The lowest BCUT2D eigenvalue weighted by molar-refractivity contribution is -0.139.